The number of aliphatic hydroxyl groups excluding tert-OH is 1. The third kappa shape index (κ3) is 6.58. The molecule has 0 saturated carbocycles. The average Bonchev–Trinajstić information content (AvgIpc) is 2.93. The molecule has 0 heterocycles. The van der Waals surface area contributed by atoms with Crippen molar-refractivity contribution >= 4 is 17.8 Å². The van der Waals surface area contributed by atoms with E-state index in [4.69, 9.17) is 0 Å². The van der Waals surface area contributed by atoms with E-state index >= 15 is 0 Å². The van der Waals surface area contributed by atoms with Crippen LogP contribution in [0.25, 0.3) is 0 Å². The Balaban J connectivity index is 1.53. The lowest BCUT2D eigenvalue weighted by Crippen LogP contribution is -2.41. The highest BCUT2D eigenvalue weighted by molar-refractivity contribution is 7.78. The van der Waals surface area contributed by atoms with Crippen molar-refractivity contribution in [3.63, 3.8) is 0 Å². The van der Waals surface area contributed by atoms with Gasteiger partial charge < -0.3 is 9.67 Å². The third-order valence-corrected chi connectivity index (χ3v) is 9.83. The topological polar surface area (TPSA) is 40.5 Å². The summed E-state index contributed by atoms with van der Waals surface area (Å²) in [7, 11) is -2.86. The highest BCUT2D eigenvalue weighted by Crippen LogP contribution is 2.44. The SMILES string of the molecule is C[C@@H]([C@H](O)CCP(=O)(c1ccccc1)c1ccccc1)N(Cc1ccccc1)Cc1ccccc1. The second-order valence-corrected chi connectivity index (χ2v) is 12.1. The Labute approximate surface area is 209 Å². The summed E-state index contributed by atoms with van der Waals surface area (Å²) < 4.78 is 14.4. The van der Waals surface area contributed by atoms with Gasteiger partial charge in [0.15, 0.2) is 0 Å². The Bertz CT molecular complexity index is 1110. The van der Waals surface area contributed by atoms with Crippen LogP contribution in [-0.2, 0) is 17.7 Å². The zero-order valence-electron chi connectivity index (χ0n) is 20.3. The summed E-state index contributed by atoms with van der Waals surface area (Å²) in [5, 5.41) is 13.0. The summed E-state index contributed by atoms with van der Waals surface area (Å²) in [6.07, 6.45) is 0.280. The van der Waals surface area contributed by atoms with Crippen LogP contribution in [0, 0.1) is 0 Å². The molecule has 0 radical (unpaired) electrons. The van der Waals surface area contributed by atoms with E-state index < -0.39 is 13.2 Å². The third-order valence-electron chi connectivity index (χ3n) is 6.68. The number of aliphatic hydroxyl groups is 1. The summed E-state index contributed by atoms with van der Waals surface area (Å²) >= 11 is 0. The van der Waals surface area contributed by atoms with Crippen LogP contribution in [-0.4, -0.2) is 28.3 Å². The van der Waals surface area contributed by atoms with Gasteiger partial charge in [0.1, 0.15) is 7.14 Å². The number of benzene rings is 4. The van der Waals surface area contributed by atoms with E-state index in [0.29, 0.717) is 12.6 Å². The molecule has 0 aliphatic carbocycles. The lowest BCUT2D eigenvalue weighted by atomic mass is 10.1. The molecule has 4 heteroatoms. The molecule has 0 bridgehead atoms. The largest absolute Gasteiger partial charge is 0.391 e. The standard InChI is InChI=1S/C31H34NO2P/c1-26(32(24-27-14-6-2-7-15-27)25-28-16-8-3-9-17-28)31(33)22-23-35(34,29-18-10-4-11-19-29)30-20-12-5-13-21-30/h2-21,26,31,33H,22-25H2,1H3/t26-,31+/m0/s1. The summed E-state index contributed by atoms with van der Waals surface area (Å²) in [5.74, 6) is 0. The fourth-order valence-electron chi connectivity index (χ4n) is 4.52. The molecular formula is C31H34NO2P. The normalized spacial score (nSPS) is 13.5. The Kier molecular flexibility index (Phi) is 8.71. The maximum Gasteiger partial charge on any atom is 0.143 e. The van der Waals surface area contributed by atoms with Crippen molar-refractivity contribution in [2.75, 3.05) is 6.16 Å². The fourth-order valence-corrected chi connectivity index (χ4v) is 7.27. The Hall–Kier alpha value is -2.97. The van der Waals surface area contributed by atoms with Gasteiger partial charge in [-0.1, -0.05) is 121 Å². The minimum Gasteiger partial charge on any atom is -0.391 e. The molecular weight excluding hydrogens is 449 g/mol. The maximum atomic E-state index is 14.4. The second kappa shape index (κ2) is 12.1. The predicted octanol–water partition coefficient (Wildman–Crippen LogP) is 5.84. The van der Waals surface area contributed by atoms with E-state index in [1.54, 1.807) is 0 Å². The van der Waals surface area contributed by atoms with Crippen molar-refractivity contribution < 1.29 is 9.67 Å². The summed E-state index contributed by atoms with van der Waals surface area (Å²) in [6, 6.07) is 40.0. The van der Waals surface area contributed by atoms with Gasteiger partial charge >= 0.3 is 0 Å². The molecule has 2 atom stereocenters. The lowest BCUT2D eigenvalue weighted by molar-refractivity contribution is 0.0473. The molecule has 4 rings (SSSR count). The smallest absolute Gasteiger partial charge is 0.143 e. The number of hydrogen-bond donors (Lipinski definition) is 1. The Morgan fingerprint density at radius 1 is 0.657 bits per heavy atom. The molecule has 180 valence electrons. The van der Waals surface area contributed by atoms with Gasteiger partial charge in [-0.15, -0.1) is 0 Å². The molecule has 4 aromatic carbocycles. The zero-order valence-corrected chi connectivity index (χ0v) is 21.2. The molecule has 0 amide bonds. The van der Waals surface area contributed by atoms with Gasteiger partial charge in [0.25, 0.3) is 0 Å². The molecule has 0 aliphatic heterocycles. The molecule has 0 aromatic heterocycles. The summed E-state index contributed by atoms with van der Waals surface area (Å²) in [6.45, 7) is 3.55. The fraction of sp³-hybridized carbons (Fsp3) is 0.226. The quantitative estimate of drug-likeness (QED) is 0.272. The van der Waals surface area contributed by atoms with E-state index in [-0.39, 0.29) is 6.04 Å². The van der Waals surface area contributed by atoms with Gasteiger partial charge in [0.05, 0.1) is 6.10 Å². The van der Waals surface area contributed by atoms with Gasteiger partial charge in [-0.2, -0.15) is 0 Å². The monoisotopic (exact) mass is 483 g/mol. The number of hydrogen-bond acceptors (Lipinski definition) is 3. The van der Waals surface area contributed by atoms with Crippen LogP contribution in [0.1, 0.15) is 24.5 Å². The van der Waals surface area contributed by atoms with Crippen LogP contribution < -0.4 is 10.6 Å². The lowest BCUT2D eigenvalue weighted by Gasteiger charge is -2.33. The minimum atomic E-state index is -2.86. The number of nitrogens with zero attached hydrogens (tertiary/aromatic N) is 1. The van der Waals surface area contributed by atoms with Crippen molar-refractivity contribution in [1.29, 1.82) is 0 Å². The van der Waals surface area contributed by atoms with Crippen molar-refractivity contribution in [2.45, 2.75) is 38.6 Å². The molecule has 3 nitrogen and oxygen atoms in total. The molecule has 0 aliphatic rings. The first-order valence-electron chi connectivity index (χ1n) is 12.3. The average molecular weight is 484 g/mol. The summed E-state index contributed by atoms with van der Waals surface area (Å²) in [5.41, 5.74) is 2.42. The molecule has 0 unspecified atom stereocenters. The van der Waals surface area contributed by atoms with E-state index in [0.717, 1.165) is 23.7 Å². The van der Waals surface area contributed by atoms with E-state index in [1.807, 2.05) is 97.1 Å². The van der Waals surface area contributed by atoms with Crippen LogP contribution in [0.2, 0.25) is 0 Å². The predicted molar refractivity (Wildman–Crippen MR) is 147 cm³/mol. The van der Waals surface area contributed by atoms with Crippen molar-refractivity contribution in [3.8, 4) is 0 Å². The van der Waals surface area contributed by atoms with Crippen LogP contribution in [0.15, 0.2) is 121 Å². The van der Waals surface area contributed by atoms with Gasteiger partial charge in [0.2, 0.25) is 0 Å². The first-order valence-corrected chi connectivity index (χ1v) is 14.2. The van der Waals surface area contributed by atoms with Crippen LogP contribution in [0.5, 0.6) is 0 Å². The zero-order chi connectivity index (χ0) is 24.5. The van der Waals surface area contributed by atoms with Gasteiger partial charge in [0, 0.05) is 35.9 Å². The van der Waals surface area contributed by atoms with Gasteiger partial charge in [-0.25, -0.2) is 0 Å². The van der Waals surface area contributed by atoms with Gasteiger partial charge in [-0.3, -0.25) is 4.90 Å². The molecule has 1 N–H and O–H groups in total. The Morgan fingerprint density at radius 3 is 1.43 bits per heavy atom. The summed E-state index contributed by atoms with van der Waals surface area (Å²) in [4.78, 5) is 2.31. The highest BCUT2D eigenvalue weighted by atomic mass is 31.2. The van der Waals surface area contributed by atoms with E-state index in [2.05, 4.69) is 36.1 Å². The number of rotatable bonds is 11. The second-order valence-electron chi connectivity index (χ2n) is 9.11. The van der Waals surface area contributed by atoms with Gasteiger partial charge in [-0.05, 0) is 24.5 Å². The Morgan fingerprint density at radius 2 is 1.03 bits per heavy atom. The molecule has 4 aromatic rings. The van der Waals surface area contributed by atoms with Crippen molar-refractivity contribution in [2.24, 2.45) is 0 Å². The van der Waals surface area contributed by atoms with Crippen molar-refractivity contribution in [3.05, 3.63) is 132 Å². The minimum absolute atomic E-state index is 0.101. The molecule has 35 heavy (non-hydrogen) atoms. The first kappa shape index (κ1) is 25.1. The van der Waals surface area contributed by atoms with Crippen LogP contribution >= 0.6 is 7.14 Å². The molecule has 0 fully saturated rings. The van der Waals surface area contributed by atoms with Crippen LogP contribution in [0.4, 0.5) is 0 Å². The molecule has 0 saturated heterocycles. The van der Waals surface area contributed by atoms with E-state index in [1.165, 1.54) is 11.1 Å². The van der Waals surface area contributed by atoms with Crippen LogP contribution in [0.3, 0.4) is 0 Å². The highest BCUT2D eigenvalue weighted by Gasteiger charge is 2.30. The van der Waals surface area contributed by atoms with E-state index in [9.17, 15) is 9.67 Å². The van der Waals surface area contributed by atoms with Crippen molar-refractivity contribution in [1.82, 2.24) is 4.90 Å². The molecule has 0 spiro atoms. The maximum absolute atomic E-state index is 14.4. The first-order chi connectivity index (χ1) is 17.1.